The van der Waals surface area contributed by atoms with Crippen LogP contribution in [0.15, 0.2) is 0 Å². The maximum atomic E-state index is 11.7. The van der Waals surface area contributed by atoms with Crippen molar-refractivity contribution in [2.75, 3.05) is 19.8 Å². The van der Waals surface area contributed by atoms with E-state index in [2.05, 4.69) is 0 Å². The van der Waals surface area contributed by atoms with Gasteiger partial charge in [-0.25, -0.2) is 4.79 Å². The number of piperidine rings is 1. The number of carbonyl (C=O) groups is 1. The van der Waals surface area contributed by atoms with E-state index >= 15 is 0 Å². The summed E-state index contributed by atoms with van der Waals surface area (Å²) in [6, 6.07) is 0.174. The second-order valence-electron chi connectivity index (χ2n) is 3.97. The first-order chi connectivity index (χ1) is 7.29. The Bertz CT molecular complexity index is 194. The molecule has 4 nitrogen and oxygen atoms in total. The van der Waals surface area contributed by atoms with Gasteiger partial charge in [-0.05, 0) is 32.1 Å². The monoisotopic (exact) mass is 215 g/mol. The predicted molar refractivity (Wildman–Crippen MR) is 57.7 cm³/mol. The Morgan fingerprint density at radius 3 is 3.00 bits per heavy atom. The standard InChI is InChI=1S/C11H21NO3/c1-2-9-15-11(14)12-7-4-3-5-10(12)6-8-13/h10,13H,2-9H2,1H3. The molecule has 0 radical (unpaired) electrons. The van der Waals surface area contributed by atoms with Gasteiger partial charge in [0.1, 0.15) is 0 Å². The summed E-state index contributed by atoms with van der Waals surface area (Å²) in [5.74, 6) is 0. The lowest BCUT2D eigenvalue weighted by Crippen LogP contribution is -2.44. The highest BCUT2D eigenvalue weighted by atomic mass is 16.6. The summed E-state index contributed by atoms with van der Waals surface area (Å²) in [4.78, 5) is 13.4. The Hall–Kier alpha value is -0.770. The third-order valence-corrected chi connectivity index (χ3v) is 2.75. The van der Waals surface area contributed by atoms with Crippen LogP contribution in [0.2, 0.25) is 0 Å². The van der Waals surface area contributed by atoms with E-state index < -0.39 is 0 Å². The topological polar surface area (TPSA) is 49.8 Å². The van der Waals surface area contributed by atoms with Gasteiger partial charge >= 0.3 is 6.09 Å². The number of aliphatic hydroxyl groups is 1. The van der Waals surface area contributed by atoms with Crippen LogP contribution in [0.4, 0.5) is 4.79 Å². The number of hydrogen-bond donors (Lipinski definition) is 1. The number of likely N-dealkylation sites (tertiary alicyclic amines) is 1. The molecular formula is C11H21NO3. The molecule has 1 rings (SSSR count). The van der Waals surface area contributed by atoms with Crippen molar-refractivity contribution in [2.45, 2.75) is 45.1 Å². The molecule has 1 atom stereocenters. The van der Waals surface area contributed by atoms with Crippen LogP contribution < -0.4 is 0 Å². The van der Waals surface area contributed by atoms with Crippen molar-refractivity contribution in [1.29, 1.82) is 0 Å². The molecule has 0 aromatic heterocycles. The molecule has 1 N–H and O–H groups in total. The van der Waals surface area contributed by atoms with Gasteiger partial charge < -0.3 is 14.7 Å². The molecule has 1 saturated heterocycles. The molecule has 0 bridgehead atoms. The average Bonchev–Trinajstić information content (AvgIpc) is 2.27. The summed E-state index contributed by atoms with van der Waals surface area (Å²) in [7, 11) is 0. The van der Waals surface area contributed by atoms with Gasteiger partial charge in [-0.15, -0.1) is 0 Å². The predicted octanol–water partition coefficient (Wildman–Crippen LogP) is 1.77. The largest absolute Gasteiger partial charge is 0.449 e. The fourth-order valence-corrected chi connectivity index (χ4v) is 1.96. The van der Waals surface area contributed by atoms with Crippen LogP contribution in [0.1, 0.15) is 39.0 Å². The summed E-state index contributed by atoms with van der Waals surface area (Å²) in [5.41, 5.74) is 0. The molecule has 0 saturated carbocycles. The molecule has 1 aliphatic heterocycles. The maximum Gasteiger partial charge on any atom is 0.410 e. The van der Waals surface area contributed by atoms with Crippen molar-refractivity contribution in [1.82, 2.24) is 4.90 Å². The van der Waals surface area contributed by atoms with E-state index in [0.717, 1.165) is 32.2 Å². The van der Waals surface area contributed by atoms with E-state index in [0.29, 0.717) is 13.0 Å². The summed E-state index contributed by atoms with van der Waals surface area (Å²) in [6.07, 6.45) is 4.48. The lowest BCUT2D eigenvalue weighted by atomic mass is 10.0. The minimum atomic E-state index is -0.213. The Morgan fingerprint density at radius 2 is 2.33 bits per heavy atom. The van der Waals surface area contributed by atoms with Gasteiger partial charge in [0.2, 0.25) is 0 Å². The summed E-state index contributed by atoms with van der Waals surface area (Å²) in [6.45, 7) is 3.38. The molecule has 0 aliphatic carbocycles. The van der Waals surface area contributed by atoms with E-state index in [1.165, 1.54) is 0 Å². The molecule has 1 amide bonds. The highest BCUT2D eigenvalue weighted by Crippen LogP contribution is 2.20. The van der Waals surface area contributed by atoms with Crippen LogP contribution in [0, 0.1) is 0 Å². The van der Waals surface area contributed by atoms with Gasteiger partial charge in [0, 0.05) is 19.2 Å². The zero-order chi connectivity index (χ0) is 11.1. The Morgan fingerprint density at radius 1 is 1.53 bits per heavy atom. The number of aliphatic hydroxyl groups excluding tert-OH is 1. The number of rotatable bonds is 4. The van der Waals surface area contributed by atoms with Gasteiger partial charge in [0.25, 0.3) is 0 Å². The highest BCUT2D eigenvalue weighted by molar-refractivity contribution is 5.68. The smallest absolute Gasteiger partial charge is 0.410 e. The maximum absolute atomic E-state index is 11.7. The van der Waals surface area contributed by atoms with E-state index in [9.17, 15) is 4.79 Å². The van der Waals surface area contributed by atoms with Gasteiger partial charge in [0.15, 0.2) is 0 Å². The van der Waals surface area contributed by atoms with Crippen molar-refractivity contribution < 1.29 is 14.6 Å². The van der Waals surface area contributed by atoms with Gasteiger partial charge in [-0.2, -0.15) is 0 Å². The van der Waals surface area contributed by atoms with Crippen molar-refractivity contribution in [3.63, 3.8) is 0 Å². The lowest BCUT2D eigenvalue weighted by Gasteiger charge is -2.34. The van der Waals surface area contributed by atoms with Crippen molar-refractivity contribution in [3.05, 3.63) is 0 Å². The van der Waals surface area contributed by atoms with Crippen LogP contribution in [-0.2, 0) is 4.74 Å². The zero-order valence-corrected chi connectivity index (χ0v) is 9.45. The van der Waals surface area contributed by atoms with Gasteiger partial charge in [0.05, 0.1) is 6.61 Å². The van der Waals surface area contributed by atoms with Crippen LogP contribution in [0.25, 0.3) is 0 Å². The second-order valence-corrected chi connectivity index (χ2v) is 3.97. The number of ether oxygens (including phenoxy) is 1. The fourth-order valence-electron chi connectivity index (χ4n) is 1.96. The third kappa shape index (κ3) is 3.70. The van der Waals surface area contributed by atoms with E-state index in [1.807, 2.05) is 6.92 Å². The molecule has 1 aliphatic rings. The summed E-state index contributed by atoms with van der Waals surface area (Å²) in [5, 5.41) is 8.92. The van der Waals surface area contributed by atoms with Crippen LogP contribution >= 0.6 is 0 Å². The molecule has 1 heterocycles. The Labute approximate surface area is 91.2 Å². The molecule has 0 aromatic carbocycles. The molecule has 1 fully saturated rings. The van der Waals surface area contributed by atoms with Crippen LogP contribution in [0.5, 0.6) is 0 Å². The Balaban J connectivity index is 2.43. The summed E-state index contributed by atoms with van der Waals surface area (Å²) < 4.78 is 5.11. The molecular weight excluding hydrogens is 194 g/mol. The Kier molecular flexibility index (Phi) is 5.47. The fraction of sp³-hybridized carbons (Fsp3) is 0.909. The van der Waals surface area contributed by atoms with Gasteiger partial charge in [-0.3, -0.25) is 0 Å². The molecule has 1 unspecified atom stereocenters. The second kappa shape index (κ2) is 6.67. The molecule has 15 heavy (non-hydrogen) atoms. The normalized spacial score (nSPS) is 21.5. The van der Waals surface area contributed by atoms with E-state index in [-0.39, 0.29) is 18.7 Å². The minimum Gasteiger partial charge on any atom is -0.449 e. The van der Waals surface area contributed by atoms with E-state index in [1.54, 1.807) is 4.90 Å². The molecule has 0 aromatic rings. The molecule has 0 spiro atoms. The molecule has 4 heteroatoms. The average molecular weight is 215 g/mol. The number of amides is 1. The lowest BCUT2D eigenvalue weighted by molar-refractivity contribution is 0.0658. The van der Waals surface area contributed by atoms with Gasteiger partial charge in [-0.1, -0.05) is 6.92 Å². The van der Waals surface area contributed by atoms with Crippen molar-refractivity contribution in [3.8, 4) is 0 Å². The van der Waals surface area contributed by atoms with Crippen molar-refractivity contribution >= 4 is 6.09 Å². The highest BCUT2D eigenvalue weighted by Gasteiger charge is 2.26. The number of nitrogens with zero attached hydrogens (tertiary/aromatic N) is 1. The number of hydrogen-bond acceptors (Lipinski definition) is 3. The third-order valence-electron chi connectivity index (χ3n) is 2.75. The van der Waals surface area contributed by atoms with E-state index in [4.69, 9.17) is 9.84 Å². The zero-order valence-electron chi connectivity index (χ0n) is 9.45. The van der Waals surface area contributed by atoms with Crippen LogP contribution in [-0.4, -0.2) is 41.9 Å². The number of carbonyl (C=O) groups excluding carboxylic acids is 1. The molecule has 88 valence electrons. The summed E-state index contributed by atoms with van der Waals surface area (Å²) >= 11 is 0. The SMILES string of the molecule is CCCOC(=O)N1CCCCC1CCO. The first kappa shape index (κ1) is 12.3. The minimum absolute atomic E-state index is 0.141. The first-order valence-electron chi connectivity index (χ1n) is 5.83. The first-order valence-corrected chi connectivity index (χ1v) is 5.83. The van der Waals surface area contributed by atoms with Crippen LogP contribution in [0.3, 0.4) is 0 Å². The quantitative estimate of drug-likeness (QED) is 0.777. The van der Waals surface area contributed by atoms with Crippen molar-refractivity contribution in [2.24, 2.45) is 0 Å².